The molecule has 3 aromatic rings. The Morgan fingerprint density at radius 1 is 1.19 bits per heavy atom. The number of nitriles is 1. The molecule has 27 heavy (non-hydrogen) atoms. The quantitative estimate of drug-likeness (QED) is 0.670. The third-order valence-corrected chi connectivity index (χ3v) is 5.35. The number of hydrogen-bond acceptors (Lipinski definition) is 5. The van der Waals surface area contributed by atoms with Gasteiger partial charge in [-0.25, -0.2) is 4.98 Å². The van der Waals surface area contributed by atoms with Crippen LogP contribution in [0.4, 0.5) is 0 Å². The fourth-order valence-corrected chi connectivity index (χ4v) is 4.17. The van der Waals surface area contributed by atoms with E-state index >= 15 is 0 Å². The average Bonchev–Trinajstić information content (AvgIpc) is 2.97. The lowest BCUT2D eigenvalue weighted by atomic mass is 9.69. The van der Waals surface area contributed by atoms with Gasteiger partial charge >= 0.3 is 0 Å². The molecule has 0 aliphatic carbocycles. The van der Waals surface area contributed by atoms with Crippen LogP contribution in [0.1, 0.15) is 18.3 Å². The van der Waals surface area contributed by atoms with Crippen LogP contribution < -0.4 is 11.3 Å². The molecule has 1 aromatic heterocycles. The van der Waals surface area contributed by atoms with Gasteiger partial charge in [-0.05, 0) is 36.3 Å². The second-order valence-electron chi connectivity index (χ2n) is 6.63. The maximum absolute atomic E-state index is 13.3. The van der Waals surface area contributed by atoms with E-state index in [4.69, 9.17) is 15.5 Å². The molecule has 2 N–H and O–H groups in total. The number of nitrogens with zero attached hydrogens (tertiary/aromatic N) is 3. The number of rotatable bonds is 0. The molecular weight excluding hydrogens is 340 g/mol. The third kappa shape index (κ3) is 1.68. The summed E-state index contributed by atoms with van der Waals surface area (Å²) in [5.74, 6) is 0.484. The minimum Gasteiger partial charge on any atom is -0.448 e. The second-order valence-corrected chi connectivity index (χ2v) is 6.63. The van der Waals surface area contributed by atoms with Gasteiger partial charge in [0.1, 0.15) is 22.9 Å². The minimum atomic E-state index is -1.04. The molecule has 130 valence electrons. The summed E-state index contributed by atoms with van der Waals surface area (Å²) in [6.45, 7) is 1.86. The van der Waals surface area contributed by atoms with Crippen LogP contribution >= 0.6 is 0 Å². The number of benzene rings is 2. The van der Waals surface area contributed by atoms with Gasteiger partial charge in [0.15, 0.2) is 0 Å². The Morgan fingerprint density at radius 2 is 1.93 bits per heavy atom. The molecule has 2 aliphatic heterocycles. The lowest BCUT2D eigenvalue weighted by Gasteiger charge is -2.33. The van der Waals surface area contributed by atoms with E-state index in [1.54, 1.807) is 16.7 Å². The van der Waals surface area contributed by atoms with Gasteiger partial charge in [0.25, 0.3) is 5.56 Å². The SMILES string of the molecule is CC1=COC(N)=C(C#N)C12c1ccccc1-n1c2nc2ccccc2c1=O. The van der Waals surface area contributed by atoms with Gasteiger partial charge in [-0.1, -0.05) is 30.3 Å². The monoisotopic (exact) mass is 354 g/mol. The Bertz CT molecular complexity index is 1310. The molecule has 0 radical (unpaired) electrons. The smallest absolute Gasteiger partial charge is 0.266 e. The topological polar surface area (TPSA) is 93.9 Å². The van der Waals surface area contributed by atoms with Gasteiger partial charge in [0, 0.05) is 0 Å². The molecule has 3 heterocycles. The largest absolute Gasteiger partial charge is 0.448 e. The van der Waals surface area contributed by atoms with E-state index in [9.17, 15) is 10.1 Å². The lowest BCUT2D eigenvalue weighted by molar-refractivity contribution is 0.313. The maximum Gasteiger partial charge on any atom is 0.266 e. The van der Waals surface area contributed by atoms with Crippen LogP contribution in [0.5, 0.6) is 0 Å². The van der Waals surface area contributed by atoms with E-state index < -0.39 is 5.41 Å². The van der Waals surface area contributed by atoms with Crippen LogP contribution in [0.25, 0.3) is 16.6 Å². The second kappa shape index (κ2) is 5.08. The first-order valence-electron chi connectivity index (χ1n) is 8.47. The molecule has 0 bridgehead atoms. The zero-order valence-corrected chi connectivity index (χ0v) is 14.4. The summed E-state index contributed by atoms with van der Waals surface area (Å²) in [5, 5.41) is 10.5. The first-order chi connectivity index (χ1) is 13.1. The Morgan fingerprint density at radius 3 is 2.74 bits per heavy atom. The number of fused-ring (bicyclic) bond motifs is 6. The normalized spacial score (nSPS) is 20.1. The van der Waals surface area contributed by atoms with E-state index in [-0.39, 0.29) is 17.0 Å². The summed E-state index contributed by atoms with van der Waals surface area (Å²) < 4.78 is 6.97. The summed E-state index contributed by atoms with van der Waals surface area (Å²) >= 11 is 0. The van der Waals surface area contributed by atoms with Gasteiger partial charge in [0.05, 0.1) is 22.9 Å². The summed E-state index contributed by atoms with van der Waals surface area (Å²) in [6, 6.07) is 16.9. The molecule has 0 saturated carbocycles. The van der Waals surface area contributed by atoms with Crippen molar-refractivity contribution in [3.05, 3.63) is 93.6 Å². The van der Waals surface area contributed by atoms with Crippen LogP contribution in [0.3, 0.4) is 0 Å². The standard InChI is InChI=1S/C21H14N4O2/c1-12-11-27-18(23)15(10-22)21(12)14-7-3-5-9-17(14)25-19(26)13-6-2-4-8-16(13)24-20(21)25/h2-9,11H,23H2,1H3. The lowest BCUT2D eigenvalue weighted by Crippen LogP contribution is -2.37. The van der Waals surface area contributed by atoms with Crippen LogP contribution in [0.15, 0.2) is 76.6 Å². The van der Waals surface area contributed by atoms with Gasteiger partial charge < -0.3 is 10.5 Å². The van der Waals surface area contributed by atoms with Crippen molar-refractivity contribution >= 4 is 10.9 Å². The fraction of sp³-hybridized carbons (Fsp3) is 0.0952. The molecule has 1 atom stereocenters. The highest BCUT2D eigenvalue weighted by Gasteiger charge is 2.53. The van der Waals surface area contributed by atoms with Crippen LogP contribution in [-0.4, -0.2) is 9.55 Å². The third-order valence-electron chi connectivity index (χ3n) is 5.35. The molecule has 2 aliphatic rings. The van der Waals surface area contributed by atoms with Crippen molar-refractivity contribution in [2.75, 3.05) is 0 Å². The van der Waals surface area contributed by atoms with Crippen LogP contribution in [0.2, 0.25) is 0 Å². The summed E-state index contributed by atoms with van der Waals surface area (Å²) in [5.41, 5.74) is 7.89. The summed E-state index contributed by atoms with van der Waals surface area (Å²) in [6.07, 6.45) is 1.53. The highest BCUT2D eigenvalue weighted by Crippen LogP contribution is 2.52. The first-order valence-corrected chi connectivity index (χ1v) is 8.47. The summed E-state index contributed by atoms with van der Waals surface area (Å²) in [4.78, 5) is 18.2. The molecular formula is C21H14N4O2. The number of hydrogen-bond donors (Lipinski definition) is 1. The van der Waals surface area contributed by atoms with E-state index in [1.165, 1.54) is 6.26 Å². The van der Waals surface area contributed by atoms with Crippen LogP contribution in [-0.2, 0) is 10.2 Å². The van der Waals surface area contributed by atoms with Gasteiger partial charge in [-0.3, -0.25) is 9.36 Å². The van der Waals surface area contributed by atoms with Gasteiger partial charge in [0.2, 0.25) is 5.88 Å². The van der Waals surface area contributed by atoms with Gasteiger partial charge in [-0.2, -0.15) is 5.26 Å². The van der Waals surface area contributed by atoms with Crippen molar-refractivity contribution in [1.82, 2.24) is 9.55 Å². The van der Waals surface area contributed by atoms with Crippen molar-refractivity contribution in [2.45, 2.75) is 12.3 Å². The number of nitrogens with two attached hydrogens (primary N) is 1. The zero-order valence-electron chi connectivity index (χ0n) is 14.4. The Balaban J connectivity index is 2.06. The highest BCUT2D eigenvalue weighted by molar-refractivity contribution is 5.80. The van der Waals surface area contributed by atoms with Crippen molar-refractivity contribution in [1.29, 1.82) is 5.26 Å². The van der Waals surface area contributed by atoms with Crippen molar-refractivity contribution < 1.29 is 4.74 Å². The average molecular weight is 354 g/mol. The van der Waals surface area contributed by atoms with Crippen molar-refractivity contribution in [3.8, 4) is 11.8 Å². The Kier molecular flexibility index (Phi) is 2.90. The molecule has 1 spiro atoms. The van der Waals surface area contributed by atoms with E-state index in [0.29, 0.717) is 22.4 Å². The fourth-order valence-electron chi connectivity index (χ4n) is 4.17. The predicted molar refractivity (Wildman–Crippen MR) is 99.8 cm³/mol. The predicted octanol–water partition coefficient (Wildman–Crippen LogP) is 2.61. The number of para-hydroxylation sites is 2. The maximum atomic E-state index is 13.3. The van der Waals surface area contributed by atoms with E-state index in [1.807, 2.05) is 43.3 Å². The number of allylic oxidation sites excluding steroid dienone is 2. The number of aromatic nitrogens is 2. The molecule has 0 saturated heterocycles. The Labute approximate surface area is 154 Å². The summed E-state index contributed by atoms with van der Waals surface area (Å²) in [7, 11) is 0. The van der Waals surface area contributed by atoms with Crippen LogP contribution in [0, 0.1) is 11.3 Å². The first kappa shape index (κ1) is 15.4. The molecule has 0 fully saturated rings. The minimum absolute atomic E-state index is 0.0220. The Hall–Kier alpha value is -3.85. The van der Waals surface area contributed by atoms with E-state index in [2.05, 4.69) is 6.07 Å². The molecule has 6 nitrogen and oxygen atoms in total. The zero-order chi connectivity index (χ0) is 18.8. The van der Waals surface area contributed by atoms with E-state index in [0.717, 1.165) is 11.1 Å². The molecule has 0 amide bonds. The highest BCUT2D eigenvalue weighted by atomic mass is 16.5. The van der Waals surface area contributed by atoms with Crippen molar-refractivity contribution in [2.24, 2.45) is 5.73 Å². The molecule has 6 heteroatoms. The molecule has 2 aromatic carbocycles. The number of ether oxygens (including phenoxy) is 1. The molecule has 5 rings (SSSR count). The van der Waals surface area contributed by atoms with Gasteiger partial charge in [-0.15, -0.1) is 0 Å². The van der Waals surface area contributed by atoms with Crippen molar-refractivity contribution in [3.63, 3.8) is 0 Å². The molecule has 1 unspecified atom stereocenters.